The molecule has 15 heavy (non-hydrogen) atoms. The van der Waals surface area contributed by atoms with Gasteiger partial charge in [0, 0.05) is 6.42 Å². The Kier molecular flexibility index (Phi) is 4.42. The van der Waals surface area contributed by atoms with Gasteiger partial charge in [0.2, 0.25) is 0 Å². The topological polar surface area (TPSA) is 41.4 Å². The summed E-state index contributed by atoms with van der Waals surface area (Å²) in [5, 5.41) is 11.5. The van der Waals surface area contributed by atoms with E-state index in [-0.39, 0.29) is 0 Å². The minimum atomic E-state index is 0.751. The van der Waals surface area contributed by atoms with E-state index in [4.69, 9.17) is 5.21 Å². The van der Waals surface area contributed by atoms with Crippen LogP contribution in [0.1, 0.15) is 32.0 Å². The van der Waals surface area contributed by atoms with Gasteiger partial charge in [-0.1, -0.05) is 24.4 Å². The minimum Gasteiger partial charge on any atom is -0.411 e. The first-order chi connectivity index (χ1) is 7.29. The number of imidazole rings is 1. The van der Waals surface area contributed by atoms with E-state index in [1.54, 1.807) is 4.57 Å². The molecule has 1 aromatic rings. The highest BCUT2D eigenvalue weighted by molar-refractivity contribution is 5.72. The molecule has 0 aliphatic heterocycles. The molecule has 0 aliphatic rings. The highest BCUT2D eigenvalue weighted by Gasteiger charge is 2.09. The first kappa shape index (κ1) is 11.3. The predicted octanol–water partition coefficient (Wildman–Crippen LogP) is 1.12. The van der Waals surface area contributed by atoms with E-state index in [0.717, 1.165) is 25.1 Å². The van der Waals surface area contributed by atoms with Gasteiger partial charge in [-0.3, -0.25) is 0 Å². The fourth-order valence-corrected chi connectivity index (χ4v) is 1.20. The van der Waals surface area contributed by atoms with Crippen LogP contribution in [-0.2, 0) is 7.05 Å². The molecule has 1 aromatic heterocycles. The summed E-state index contributed by atoms with van der Waals surface area (Å²) in [6.45, 7) is 2.14. The van der Waals surface area contributed by atoms with Crippen molar-refractivity contribution in [3.63, 3.8) is 0 Å². The Morgan fingerprint density at radius 2 is 2.47 bits per heavy atom. The number of aromatic nitrogens is 2. The lowest BCUT2D eigenvalue weighted by Gasteiger charge is -1.87. The molecular weight excluding hydrogens is 190 g/mol. The third-order valence-electron chi connectivity index (χ3n) is 2.08. The van der Waals surface area contributed by atoms with Gasteiger partial charge in [-0.2, -0.15) is 0 Å². The molecule has 4 heteroatoms. The zero-order chi connectivity index (χ0) is 11.1. The van der Waals surface area contributed by atoms with Crippen molar-refractivity contribution >= 4 is 6.21 Å². The molecular formula is C11H16N3O+. The lowest BCUT2D eigenvalue weighted by atomic mass is 10.3. The summed E-state index contributed by atoms with van der Waals surface area (Å²) in [5.74, 6) is 3.82. The Labute approximate surface area is 89.8 Å². The van der Waals surface area contributed by atoms with Crippen molar-refractivity contribution in [2.24, 2.45) is 12.2 Å². The molecule has 4 nitrogen and oxygen atoms in total. The van der Waals surface area contributed by atoms with E-state index in [2.05, 4.69) is 24.0 Å². The van der Waals surface area contributed by atoms with Crippen LogP contribution in [0.3, 0.4) is 0 Å². The number of hydrogen-bond acceptors (Lipinski definition) is 2. The van der Waals surface area contributed by atoms with E-state index >= 15 is 0 Å². The third kappa shape index (κ3) is 3.13. The maximum Gasteiger partial charge on any atom is 0.316 e. The summed E-state index contributed by atoms with van der Waals surface area (Å²) >= 11 is 0. The largest absolute Gasteiger partial charge is 0.411 e. The molecule has 0 radical (unpaired) electrons. The molecule has 80 valence electrons. The van der Waals surface area contributed by atoms with Crippen molar-refractivity contribution in [3.8, 4) is 12.0 Å². The molecule has 0 amide bonds. The van der Waals surface area contributed by atoms with Gasteiger partial charge in [-0.05, 0) is 6.42 Å². The third-order valence-corrected chi connectivity index (χ3v) is 2.08. The maximum absolute atomic E-state index is 8.49. The second kappa shape index (κ2) is 5.86. The normalized spacial score (nSPS) is 10.3. The van der Waals surface area contributed by atoms with Crippen molar-refractivity contribution in [2.75, 3.05) is 0 Å². The Hall–Kier alpha value is -1.76. The summed E-state index contributed by atoms with van der Waals surface area (Å²) in [6.07, 6.45) is 8.24. The summed E-state index contributed by atoms with van der Waals surface area (Å²) in [4.78, 5) is 0. The van der Waals surface area contributed by atoms with Crippen LogP contribution in [0, 0.1) is 12.0 Å². The second-order valence-electron chi connectivity index (χ2n) is 3.27. The maximum atomic E-state index is 8.49. The first-order valence-electron chi connectivity index (χ1n) is 5.03. The standard InChI is InChI=1S/C11H15N3O/c1-3-4-5-6-7-14-9-8-13(2)11(14)10-12-15/h8-10H,3-5H2,1-2H3/p+1. The van der Waals surface area contributed by atoms with Crippen LogP contribution in [0.15, 0.2) is 17.5 Å². The summed E-state index contributed by atoms with van der Waals surface area (Å²) < 4.78 is 3.59. The van der Waals surface area contributed by atoms with Crippen molar-refractivity contribution in [1.29, 1.82) is 0 Å². The molecule has 1 rings (SSSR count). The smallest absolute Gasteiger partial charge is 0.316 e. The lowest BCUT2D eigenvalue weighted by Crippen LogP contribution is -2.31. The van der Waals surface area contributed by atoms with E-state index in [0.29, 0.717) is 0 Å². The number of nitrogens with zero attached hydrogens (tertiary/aromatic N) is 3. The van der Waals surface area contributed by atoms with Crippen LogP contribution < -0.4 is 4.57 Å². The van der Waals surface area contributed by atoms with E-state index in [9.17, 15) is 0 Å². The van der Waals surface area contributed by atoms with Gasteiger partial charge in [-0.15, -0.1) is 4.57 Å². The summed E-state index contributed by atoms with van der Waals surface area (Å²) in [5.41, 5.74) is 0. The van der Waals surface area contributed by atoms with Gasteiger partial charge in [0.25, 0.3) is 0 Å². The fraction of sp³-hybridized carbons (Fsp3) is 0.455. The average molecular weight is 206 g/mol. The Morgan fingerprint density at radius 1 is 1.67 bits per heavy atom. The van der Waals surface area contributed by atoms with Crippen LogP contribution in [0.25, 0.3) is 0 Å². The average Bonchev–Trinajstić information content (AvgIpc) is 2.57. The Bertz CT molecular complexity index is 396. The van der Waals surface area contributed by atoms with Crippen LogP contribution in [0.5, 0.6) is 0 Å². The van der Waals surface area contributed by atoms with Gasteiger partial charge in [0.1, 0.15) is 18.4 Å². The van der Waals surface area contributed by atoms with E-state index in [1.807, 2.05) is 24.0 Å². The monoisotopic (exact) mass is 206 g/mol. The number of hydrogen-bond donors (Lipinski definition) is 1. The number of unbranched alkanes of at least 4 members (excludes halogenated alkanes) is 2. The van der Waals surface area contributed by atoms with E-state index < -0.39 is 0 Å². The lowest BCUT2D eigenvalue weighted by molar-refractivity contribution is -0.671. The summed E-state index contributed by atoms with van der Waals surface area (Å²) in [6, 6.07) is 3.00. The molecule has 1 heterocycles. The Balaban J connectivity index is 2.79. The van der Waals surface area contributed by atoms with Crippen molar-refractivity contribution in [2.45, 2.75) is 26.2 Å². The van der Waals surface area contributed by atoms with Crippen LogP contribution in [0.4, 0.5) is 0 Å². The summed E-state index contributed by atoms with van der Waals surface area (Å²) in [7, 11) is 1.88. The molecule has 0 aliphatic carbocycles. The predicted molar refractivity (Wildman–Crippen MR) is 57.7 cm³/mol. The Morgan fingerprint density at radius 3 is 3.13 bits per heavy atom. The molecule has 1 N–H and O–H groups in total. The van der Waals surface area contributed by atoms with Crippen LogP contribution in [0.2, 0.25) is 0 Å². The highest BCUT2D eigenvalue weighted by atomic mass is 16.4. The van der Waals surface area contributed by atoms with Crippen molar-refractivity contribution in [1.82, 2.24) is 4.57 Å². The minimum absolute atomic E-state index is 0.751. The fourth-order valence-electron chi connectivity index (χ4n) is 1.20. The highest BCUT2D eigenvalue weighted by Crippen LogP contribution is 1.92. The molecule has 0 bridgehead atoms. The van der Waals surface area contributed by atoms with Crippen LogP contribution >= 0.6 is 0 Å². The van der Waals surface area contributed by atoms with Crippen molar-refractivity contribution < 1.29 is 9.77 Å². The van der Waals surface area contributed by atoms with Crippen molar-refractivity contribution in [3.05, 3.63) is 18.2 Å². The quantitative estimate of drug-likeness (QED) is 0.197. The van der Waals surface area contributed by atoms with Gasteiger partial charge in [-0.25, -0.2) is 4.57 Å². The number of oxime groups is 1. The van der Waals surface area contributed by atoms with Gasteiger partial charge >= 0.3 is 5.82 Å². The number of rotatable bonds is 3. The van der Waals surface area contributed by atoms with Gasteiger partial charge in [0.05, 0.1) is 7.05 Å². The SMILES string of the molecule is CCCCC#Cn1cc[n+](C)c1C=NO. The van der Waals surface area contributed by atoms with Gasteiger partial charge < -0.3 is 5.21 Å². The molecule has 0 aromatic carbocycles. The van der Waals surface area contributed by atoms with Gasteiger partial charge in [0.15, 0.2) is 6.21 Å². The zero-order valence-corrected chi connectivity index (χ0v) is 9.14. The molecule has 0 unspecified atom stereocenters. The molecule has 0 fully saturated rings. The molecule has 0 atom stereocenters. The molecule has 0 saturated carbocycles. The van der Waals surface area contributed by atoms with Crippen LogP contribution in [-0.4, -0.2) is 16.0 Å². The molecule has 0 spiro atoms. The zero-order valence-electron chi connectivity index (χ0n) is 9.14. The first-order valence-corrected chi connectivity index (χ1v) is 5.03. The second-order valence-corrected chi connectivity index (χ2v) is 3.27. The van der Waals surface area contributed by atoms with E-state index in [1.165, 1.54) is 6.21 Å². The molecule has 0 saturated heterocycles. The number of aryl methyl sites for hydroxylation is 1.